The number of carbonyl (C=O) groups excluding carboxylic acids is 1. The Kier molecular flexibility index (Phi) is 6.80. The van der Waals surface area contributed by atoms with Crippen LogP contribution in [0.3, 0.4) is 0 Å². The molecule has 2 rings (SSSR count). The van der Waals surface area contributed by atoms with Gasteiger partial charge >= 0.3 is 0 Å². The third kappa shape index (κ3) is 4.67. The molecule has 1 aliphatic rings. The molecule has 22 heavy (non-hydrogen) atoms. The topological polar surface area (TPSA) is 87.3 Å². The van der Waals surface area contributed by atoms with Crippen LogP contribution in [0.15, 0.2) is 29.2 Å². The van der Waals surface area contributed by atoms with Gasteiger partial charge in [-0.2, -0.15) is 0 Å². The van der Waals surface area contributed by atoms with Crippen molar-refractivity contribution in [3.8, 4) is 0 Å². The number of sulfonamides is 1. The van der Waals surface area contributed by atoms with Gasteiger partial charge in [-0.05, 0) is 57.6 Å². The van der Waals surface area contributed by atoms with Gasteiger partial charge in [-0.15, -0.1) is 12.4 Å². The van der Waals surface area contributed by atoms with Crippen LogP contribution in [0.25, 0.3) is 0 Å². The van der Waals surface area contributed by atoms with Crippen molar-refractivity contribution in [1.29, 1.82) is 0 Å². The highest BCUT2D eigenvalue weighted by Crippen LogP contribution is 2.12. The summed E-state index contributed by atoms with van der Waals surface area (Å²) >= 11 is 0. The van der Waals surface area contributed by atoms with Gasteiger partial charge < -0.3 is 10.6 Å². The monoisotopic (exact) mass is 347 g/mol. The lowest BCUT2D eigenvalue weighted by Crippen LogP contribution is -2.46. The smallest absolute Gasteiger partial charge is 0.251 e. The molecule has 2 atom stereocenters. The van der Waals surface area contributed by atoms with Crippen molar-refractivity contribution < 1.29 is 13.2 Å². The van der Waals surface area contributed by atoms with Crippen molar-refractivity contribution in [3.63, 3.8) is 0 Å². The van der Waals surface area contributed by atoms with Crippen molar-refractivity contribution in [2.45, 2.75) is 36.7 Å². The molecule has 0 radical (unpaired) electrons. The molecule has 0 bridgehead atoms. The maximum Gasteiger partial charge on any atom is 0.251 e. The Labute approximate surface area is 137 Å². The summed E-state index contributed by atoms with van der Waals surface area (Å²) in [4.78, 5) is 12.3. The molecule has 0 aromatic heterocycles. The summed E-state index contributed by atoms with van der Waals surface area (Å²) in [5.74, 6) is -0.164. The maximum absolute atomic E-state index is 12.2. The van der Waals surface area contributed by atoms with E-state index in [4.69, 9.17) is 0 Å². The van der Waals surface area contributed by atoms with Crippen LogP contribution in [0.1, 0.15) is 30.1 Å². The van der Waals surface area contributed by atoms with Crippen LogP contribution in [0.5, 0.6) is 0 Å². The lowest BCUT2D eigenvalue weighted by Gasteiger charge is -2.28. The zero-order chi connectivity index (χ0) is 15.5. The van der Waals surface area contributed by atoms with Crippen molar-refractivity contribution >= 4 is 28.3 Å². The number of hydrogen-bond donors (Lipinski definition) is 3. The average Bonchev–Trinajstić information content (AvgIpc) is 2.47. The molecule has 1 heterocycles. The number of hydrogen-bond acceptors (Lipinski definition) is 4. The van der Waals surface area contributed by atoms with E-state index in [-0.39, 0.29) is 29.3 Å². The van der Waals surface area contributed by atoms with E-state index in [2.05, 4.69) is 22.3 Å². The Bertz CT molecular complexity index is 604. The molecule has 1 aromatic carbocycles. The first kappa shape index (κ1) is 18.9. The van der Waals surface area contributed by atoms with Crippen LogP contribution in [-0.4, -0.2) is 40.0 Å². The van der Waals surface area contributed by atoms with Crippen molar-refractivity contribution in [3.05, 3.63) is 29.8 Å². The van der Waals surface area contributed by atoms with E-state index in [9.17, 15) is 13.2 Å². The summed E-state index contributed by atoms with van der Waals surface area (Å²) in [6.07, 6.45) is 1.81. The minimum atomic E-state index is -3.47. The molecule has 8 heteroatoms. The molecule has 0 saturated carbocycles. The van der Waals surface area contributed by atoms with Crippen LogP contribution in [0.2, 0.25) is 0 Å². The van der Waals surface area contributed by atoms with E-state index in [1.54, 1.807) is 0 Å². The maximum atomic E-state index is 12.2. The van der Waals surface area contributed by atoms with Gasteiger partial charge in [-0.1, -0.05) is 0 Å². The number of carbonyl (C=O) groups is 1. The van der Waals surface area contributed by atoms with Gasteiger partial charge in [-0.25, -0.2) is 13.1 Å². The molecule has 1 aromatic rings. The fraction of sp³-hybridized carbons (Fsp3) is 0.500. The zero-order valence-corrected chi connectivity index (χ0v) is 14.3. The standard InChI is InChI=1S/C14H21N3O3S.ClH/c1-10-9-12(7-8-16-10)17-14(18)11-3-5-13(6-4-11)21(19,20)15-2;/h3-6,10,12,15-16H,7-9H2,1-2H3,(H,17,18);1H. The molecule has 6 nitrogen and oxygen atoms in total. The largest absolute Gasteiger partial charge is 0.349 e. The molecule has 0 aliphatic carbocycles. The first-order valence-electron chi connectivity index (χ1n) is 7.00. The predicted octanol–water partition coefficient (Wildman–Crippen LogP) is 0.887. The summed E-state index contributed by atoms with van der Waals surface area (Å²) in [6.45, 7) is 2.99. The van der Waals surface area contributed by atoms with E-state index >= 15 is 0 Å². The van der Waals surface area contributed by atoms with Crippen LogP contribution in [0.4, 0.5) is 0 Å². The second-order valence-corrected chi connectivity index (χ2v) is 7.17. The van der Waals surface area contributed by atoms with Crippen molar-refractivity contribution in [1.82, 2.24) is 15.4 Å². The summed E-state index contributed by atoms with van der Waals surface area (Å²) in [5, 5.41) is 6.32. The molecule has 3 N–H and O–H groups in total. The third-order valence-corrected chi connectivity index (χ3v) is 5.08. The Morgan fingerprint density at radius 2 is 1.91 bits per heavy atom. The second kappa shape index (κ2) is 7.92. The summed E-state index contributed by atoms with van der Waals surface area (Å²) in [7, 11) is -2.11. The number of piperidine rings is 1. The molecule has 124 valence electrons. The van der Waals surface area contributed by atoms with E-state index in [0.29, 0.717) is 11.6 Å². The lowest BCUT2D eigenvalue weighted by molar-refractivity contribution is 0.0925. The third-order valence-electron chi connectivity index (χ3n) is 3.65. The Morgan fingerprint density at radius 1 is 1.27 bits per heavy atom. The molecule has 2 unspecified atom stereocenters. The number of halogens is 1. The lowest BCUT2D eigenvalue weighted by atomic mass is 10.0. The minimum Gasteiger partial charge on any atom is -0.349 e. The van der Waals surface area contributed by atoms with Crippen LogP contribution < -0.4 is 15.4 Å². The highest BCUT2D eigenvalue weighted by atomic mass is 35.5. The van der Waals surface area contributed by atoms with E-state index in [1.165, 1.54) is 31.3 Å². The summed E-state index contributed by atoms with van der Waals surface area (Å²) < 4.78 is 25.5. The average molecular weight is 348 g/mol. The fourth-order valence-electron chi connectivity index (χ4n) is 2.44. The molecule has 1 saturated heterocycles. The Balaban J connectivity index is 0.00000242. The van der Waals surface area contributed by atoms with Crippen molar-refractivity contribution in [2.75, 3.05) is 13.6 Å². The fourth-order valence-corrected chi connectivity index (χ4v) is 3.17. The summed E-state index contributed by atoms with van der Waals surface area (Å²) in [6, 6.07) is 6.49. The normalized spacial score (nSPS) is 21.7. The van der Waals surface area contributed by atoms with Crippen LogP contribution >= 0.6 is 12.4 Å². The first-order valence-corrected chi connectivity index (χ1v) is 8.48. The molecule has 1 amide bonds. The minimum absolute atomic E-state index is 0. The molecular weight excluding hydrogens is 326 g/mol. The summed E-state index contributed by atoms with van der Waals surface area (Å²) in [5.41, 5.74) is 0.469. The number of amides is 1. The number of benzene rings is 1. The van der Waals surface area contributed by atoms with Crippen LogP contribution in [0, 0.1) is 0 Å². The SMILES string of the molecule is CNS(=O)(=O)c1ccc(C(=O)NC2CCNC(C)C2)cc1.Cl. The van der Waals surface area contributed by atoms with Crippen molar-refractivity contribution in [2.24, 2.45) is 0 Å². The Hall–Kier alpha value is -1.15. The molecular formula is C14H22ClN3O3S. The van der Waals surface area contributed by atoms with Gasteiger partial charge in [0.1, 0.15) is 0 Å². The predicted molar refractivity (Wildman–Crippen MR) is 87.9 cm³/mol. The number of rotatable bonds is 4. The van der Waals surface area contributed by atoms with Gasteiger partial charge in [0.25, 0.3) is 5.91 Å². The van der Waals surface area contributed by atoms with Gasteiger partial charge in [0.15, 0.2) is 0 Å². The zero-order valence-electron chi connectivity index (χ0n) is 12.6. The quantitative estimate of drug-likeness (QED) is 0.754. The highest BCUT2D eigenvalue weighted by Gasteiger charge is 2.20. The molecule has 1 fully saturated rings. The van der Waals surface area contributed by atoms with Gasteiger partial charge in [-0.3, -0.25) is 4.79 Å². The highest BCUT2D eigenvalue weighted by molar-refractivity contribution is 7.89. The second-order valence-electron chi connectivity index (χ2n) is 5.28. The van der Waals surface area contributed by atoms with E-state index in [0.717, 1.165) is 19.4 Å². The van der Waals surface area contributed by atoms with Gasteiger partial charge in [0, 0.05) is 17.6 Å². The van der Waals surface area contributed by atoms with Gasteiger partial charge in [0.05, 0.1) is 4.90 Å². The molecule has 0 spiro atoms. The Morgan fingerprint density at radius 3 is 2.45 bits per heavy atom. The number of nitrogens with one attached hydrogen (secondary N) is 3. The van der Waals surface area contributed by atoms with E-state index in [1.807, 2.05) is 0 Å². The van der Waals surface area contributed by atoms with Crippen LogP contribution in [-0.2, 0) is 10.0 Å². The van der Waals surface area contributed by atoms with Gasteiger partial charge in [0.2, 0.25) is 10.0 Å². The van der Waals surface area contributed by atoms with E-state index < -0.39 is 10.0 Å². The first-order chi connectivity index (χ1) is 9.92. The molecule has 1 aliphatic heterocycles.